The van der Waals surface area contributed by atoms with Gasteiger partial charge >= 0.3 is 0 Å². The van der Waals surface area contributed by atoms with E-state index in [1.807, 2.05) is 0 Å². The van der Waals surface area contributed by atoms with E-state index in [4.69, 9.17) is 15.7 Å². The van der Waals surface area contributed by atoms with Gasteiger partial charge in [0, 0.05) is 20.2 Å². The first kappa shape index (κ1) is 8.04. The molecule has 0 amide bonds. The van der Waals surface area contributed by atoms with Crippen LogP contribution in [0.2, 0.25) is 0 Å². The Morgan fingerprint density at radius 1 is 1.36 bits per heavy atom. The van der Waals surface area contributed by atoms with E-state index < -0.39 is 25.8 Å². The summed E-state index contributed by atoms with van der Waals surface area (Å²) in [6.07, 6.45) is 1.38. The molecule has 3 rings (SSSR count). The van der Waals surface area contributed by atoms with Crippen molar-refractivity contribution in [3.63, 3.8) is 0 Å². The highest BCUT2D eigenvalue weighted by molar-refractivity contribution is 6.02. The van der Waals surface area contributed by atoms with Crippen LogP contribution < -0.4 is 0 Å². The lowest BCUT2D eigenvalue weighted by Gasteiger charge is -2.20. The Morgan fingerprint density at radius 2 is 2.18 bits per heavy atom. The van der Waals surface area contributed by atoms with Gasteiger partial charge in [-0.25, -0.2) is 4.98 Å². The molecule has 0 aliphatic rings. The molecule has 2 aromatic heterocycles. The summed E-state index contributed by atoms with van der Waals surface area (Å²) < 4.78 is 69.5. The lowest BCUT2D eigenvalue weighted by atomic mass is 10.1. The molecule has 0 fully saturated rings. The van der Waals surface area contributed by atoms with Crippen molar-refractivity contribution in [1.29, 1.82) is 0 Å². The molecule has 0 atom stereocenters. The highest BCUT2D eigenvalue weighted by Gasteiger charge is 2.20. The van der Waals surface area contributed by atoms with Crippen LogP contribution in [0.1, 0.15) is 37.4 Å². The summed E-state index contributed by atoms with van der Waals surface area (Å²) in [6.45, 7) is -8.73. The van der Waals surface area contributed by atoms with Crippen LogP contribution in [0.4, 0.5) is 0 Å². The van der Waals surface area contributed by atoms with Crippen molar-refractivity contribution in [3.05, 3.63) is 36.3 Å². The Hall–Kier alpha value is -1.98. The number of ether oxygens (including phenoxy) is 1. The van der Waals surface area contributed by atoms with E-state index in [-0.39, 0.29) is 30.1 Å². The zero-order valence-corrected chi connectivity index (χ0v) is 12.0. The third kappa shape index (κ3) is 2.82. The smallest absolute Gasteiger partial charge is 0.136 e. The number of nitrogens with zero attached hydrogens (tertiary/aromatic N) is 3. The fourth-order valence-corrected chi connectivity index (χ4v) is 2.32. The number of aliphatic hydroxyl groups is 1. The van der Waals surface area contributed by atoms with Crippen molar-refractivity contribution in [1.82, 2.24) is 14.5 Å². The number of fused-ring (bicyclic) bond motifs is 3. The predicted octanol–water partition coefficient (Wildman–Crippen LogP) is 2.89. The molecule has 116 valence electrons. The van der Waals surface area contributed by atoms with Gasteiger partial charge in [0.1, 0.15) is 17.9 Å². The van der Waals surface area contributed by atoms with Gasteiger partial charge in [0.15, 0.2) is 0 Å². The Bertz CT molecular complexity index is 1060. The summed E-state index contributed by atoms with van der Waals surface area (Å²) in [5, 5.41) is 11.4. The Labute approximate surface area is 140 Å². The fraction of sp³-hybridized carbons (Fsp3) is 0.412. The summed E-state index contributed by atoms with van der Waals surface area (Å²) in [5.41, 5.74) is -2.93. The van der Waals surface area contributed by atoms with Gasteiger partial charge in [0.2, 0.25) is 0 Å². The molecular formula is C17H21N3O2. The maximum absolute atomic E-state index is 11.0. The second-order valence-corrected chi connectivity index (χ2v) is 4.83. The molecule has 0 saturated heterocycles. The first-order chi connectivity index (χ1) is 13.8. The fourth-order valence-electron chi connectivity index (χ4n) is 2.32. The van der Waals surface area contributed by atoms with E-state index >= 15 is 0 Å². The van der Waals surface area contributed by atoms with Crippen LogP contribution in [0.3, 0.4) is 0 Å². The molecular weight excluding hydrogens is 278 g/mol. The number of hydrogen-bond acceptors (Lipinski definition) is 4. The molecule has 0 spiro atoms. The van der Waals surface area contributed by atoms with Crippen LogP contribution in [0.25, 0.3) is 21.9 Å². The number of benzene rings is 1. The van der Waals surface area contributed by atoms with Gasteiger partial charge in [-0.1, -0.05) is 18.2 Å². The maximum Gasteiger partial charge on any atom is 0.136 e. The summed E-state index contributed by atoms with van der Waals surface area (Å²) in [5.74, 6) is -0.0677. The van der Waals surface area contributed by atoms with Gasteiger partial charge in [-0.3, -0.25) is 4.98 Å². The van der Waals surface area contributed by atoms with Crippen molar-refractivity contribution >= 4 is 21.9 Å². The standard InChI is InChI=1S/C17H21N3O2/c1-4-22-10-15-19-14-9-18-13-8-6-5-7-12(13)16(14)20(15)11-17(2,3)21/h5-9,21H,4,10-11H2,1-3H3/i2D3,3D3,11D2. The van der Waals surface area contributed by atoms with Crippen LogP contribution in [0.5, 0.6) is 0 Å². The molecule has 22 heavy (non-hydrogen) atoms. The van der Waals surface area contributed by atoms with Crippen molar-refractivity contribution in [3.8, 4) is 0 Å². The van der Waals surface area contributed by atoms with Crippen LogP contribution in [-0.2, 0) is 17.8 Å². The molecule has 0 saturated carbocycles. The lowest BCUT2D eigenvalue weighted by Crippen LogP contribution is -2.27. The largest absolute Gasteiger partial charge is 0.389 e. The van der Waals surface area contributed by atoms with Gasteiger partial charge in [-0.05, 0) is 26.7 Å². The number of imidazole rings is 1. The minimum Gasteiger partial charge on any atom is -0.389 e. The minimum absolute atomic E-state index is 0.0677. The molecule has 3 aromatic rings. The number of hydrogen-bond donors (Lipinski definition) is 1. The number of para-hydroxylation sites is 1. The lowest BCUT2D eigenvalue weighted by molar-refractivity contribution is 0.0582. The van der Waals surface area contributed by atoms with Gasteiger partial charge in [-0.2, -0.15) is 0 Å². The third-order valence-corrected chi connectivity index (χ3v) is 3.17. The van der Waals surface area contributed by atoms with Gasteiger partial charge in [0.25, 0.3) is 0 Å². The summed E-state index contributed by atoms with van der Waals surface area (Å²) in [7, 11) is 0. The second-order valence-electron chi connectivity index (χ2n) is 4.83. The van der Waals surface area contributed by atoms with E-state index in [2.05, 4.69) is 9.97 Å². The summed E-state index contributed by atoms with van der Waals surface area (Å²) in [6, 6.07) is 6.70. The molecule has 0 bridgehead atoms. The second kappa shape index (κ2) is 5.66. The van der Waals surface area contributed by atoms with E-state index in [1.54, 1.807) is 31.2 Å². The minimum atomic E-state index is -3.73. The SMILES string of the molecule is [2H]C([2H])([2H])C(O)(C([2H])([2H])[2H])C([2H])([2H])n1c(COCC)nc2cnc3ccccc3c21. The van der Waals surface area contributed by atoms with Crippen molar-refractivity contribution in [2.24, 2.45) is 0 Å². The molecule has 2 heterocycles. The summed E-state index contributed by atoms with van der Waals surface area (Å²) in [4.78, 5) is 8.56. The quantitative estimate of drug-likeness (QED) is 0.787. The maximum atomic E-state index is 11.0. The molecule has 1 aromatic carbocycles. The van der Waals surface area contributed by atoms with Crippen molar-refractivity contribution < 1.29 is 20.8 Å². The molecule has 1 N–H and O–H groups in total. The molecule has 0 aliphatic heterocycles. The average Bonchev–Trinajstić information content (AvgIpc) is 3.03. The molecule has 0 radical (unpaired) electrons. The topological polar surface area (TPSA) is 60.2 Å². The van der Waals surface area contributed by atoms with Crippen molar-refractivity contribution in [2.75, 3.05) is 6.61 Å². The van der Waals surface area contributed by atoms with Gasteiger partial charge < -0.3 is 14.4 Å². The zero-order chi connectivity index (χ0) is 22.5. The van der Waals surface area contributed by atoms with Crippen LogP contribution in [0.15, 0.2) is 30.5 Å². The highest BCUT2D eigenvalue weighted by Crippen LogP contribution is 2.26. The number of pyridine rings is 1. The Kier molecular flexibility index (Phi) is 2.07. The van der Waals surface area contributed by atoms with E-state index in [0.717, 1.165) is 4.57 Å². The van der Waals surface area contributed by atoms with Crippen molar-refractivity contribution in [2.45, 2.75) is 39.3 Å². The summed E-state index contributed by atoms with van der Waals surface area (Å²) >= 11 is 0. The first-order valence-electron chi connectivity index (χ1n) is 10.8. The Morgan fingerprint density at radius 3 is 2.95 bits per heavy atom. The average molecular weight is 307 g/mol. The Balaban J connectivity index is 2.46. The molecule has 5 heteroatoms. The van der Waals surface area contributed by atoms with Gasteiger partial charge in [0.05, 0.1) is 32.1 Å². The van der Waals surface area contributed by atoms with E-state index in [9.17, 15) is 5.11 Å². The normalized spacial score (nSPS) is 19.5. The highest BCUT2D eigenvalue weighted by atomic mass is 16.5. The monoisotopic (exact) mass is 307 g/mol. The predicted molar refractivity (Wildman–Crippen MR) is 86.7 cm³/mol. The van der Waals surface area contributed by atoms with E-state index in [1.165, 1.54) is 6.20 Å². The van der Waals surface area contributed by atoms with Crippen LogP contribution in [0, 0.1) is 0 Å². The number of aromatic nitrogens is 3. The zero-order valence-electron chi connectivity index (χ0n) is 20.0. The molecule has 5 nitrogen and oxygen atoms in total. The molecule has 0 unspecified atom stereocenters. The molecule has 0 aliphatic carbocycles. The third-order valence-electron chi connectivity index (χ3n) is 3.17. The number of rotatable bonds is 5. The first-order valence-corrected chi connectivity index (χ1v) is 6.83. The van der Waals surface area contributed by atoms with Crippen LogP contribution in [-0.4, -0.2) is 31.8 Å². The van der Waals surface area contributed by atoms with Gasteiger partial charge in [-0.15, -0.1) is 0 Å². The van der Waals surface area contributed by atoms with E-state index in [0.29, 0.717) is 10.9 Å². The van der Waals surface area contributed by atoms with Crippen LogP contribution >= 0.6 is 0 Å².